The van der Waals surface area contributed by atoms with Crippen LogP contribution in [0.4, 0.5) is 0 Å². The molecule has 0 aromatic rings. The molecule has 0 saturated carbocycles. The van der Waals surface area contributed by atoms with Gasteiger partial charge in [-0.2, -0.15) is 0 Å². The largest absolute Gasteiger partial charge is 0.394 e. The van der Waals surface area contributed by atoms with Crippen LogP contribution >= 0.6 is 0 Å². The lowest BCUT2D eigenvalue weighted by atomic mass is 10.1. The van der Waals surface area contributed by atoms with Gasteiger partial charge in [-0.05, 0) is 34.1 Å². The van der Waals surface area contributed by atoms with Crippen LogP contribution in [0.1, 0.15) is 105 Å². The van der Waals surface area contributed by atoms with Gasteiger partial charge in [0.15, 0.2) is 0 Å². The molecule has 4 unspecified atom stereocenters. The van der Waals surface area contributed by atoms with Crippen LogP contribution in [-0.4, -0.2) is 89.0 Å². The Morgan fingerprint density at radius 2 is 0.889 bits per heavy atom. The molecule has 0 bridgehead atoms. The minimum absolute atomic E-state index is 0.00231. The second-order valence-corrected chi connectivity index (χ2v) is 10.1. The van der Waals surface area contributed by atoms with Gasteiger partial charge in [-0.15, -0.1) is 0 Å². The van der Waals surface area contributed by atoms with Gasteiger partial charge >= 0.3 is 0 Å². The molecule has 0 aromatic heterocycles. The lowest BCUT2D eigenvalue weighted by Gasteiger charge is -2.21. The molecule has 0 aliphatic heterocycles. The summed E-state index contributed by atoms with van der Waals surface area (Å²) in [7, 11) is 0. The third-order valence-corrected chi connectivity index (χ3v) is 5.96. The number of aliphatic hydroxyl groups excluding tert-OH is 1. The van der Waals surface area contributed by atoms with Gasteiger partial charge < -0.3 is 33.5 Å². The summed E-state index contributed by atoms with van der Waals surface area (Å²) in [6, 6.07) is 0. The average molecular weight is 521 g/mol. The van der Waals surface area contributed by atoms with E-state index in [2.05, 4.69) is 13.8 Å². The zero-order chi connectivity index (χ0) is 26.7. The van der Waals surface area contributed by atoms with Crippen LogP contribution < -0.4 is 0 Å². The first kappa shape index (κ1) is 35.7. The van der Waals surface area contributed by atoms with Crippen molar-refractivity contribution in [1.29, 1.82) is 0 Å². The Labute approximate surface area is 222 Å². The normalized spacial score (nSPS) is 15.2. The average Bonchev–Trinajstić information content (AvgIpc) is 2.87. The molecule has 0 aliphatic rings. The summed E-state index contributed by atoms with van der Waals surface area (Å²) in [5.41, 5.74) is 0. The number of aliphatic hydroxyl groups is 1. The van der Waals surface area contributed by atoms with Crippen LogP contribution in [0.3, 0.4) is 0 Å². The topological polar surface area (TPSA) is 75.6 Å². The van der Waals surface area contributed by atoms with E-state index < -0.39 is 0 Å². The monoisotopic (exact) mass is 520 g/mol. The quantitative estimate of drug-likeness (QED) is 0.122. The Hall–Kier alpha value is -0.280. The van der Waals surface area contributed by atoms with Crippen molar-refractivity contribution in [1.82, 2.24) is 0 Å². The molecule has 0 aromatic carbocycles. The Kier molecular flexibility index (Phi) is 27.5. The third-order valence-electron chi connectivity index (χ3n) is 5.96. The van der Waals surface area contributed by atoms with Crippen molar-refractivity contribution < 1.29 is 33.5 Å². The predicted octanol–water partition coefficient (Wildman–Crippen LogP) is 5.94. The smallest absolute Gasteiger partial charge is 0.0781 e. The van der Waals surface area contributed by atoms with E-state index in [4.69, 9.17) is 33.5 Å². The van der Waals surface area contributed by atoms with E-state index in [0.717, 1.165) is 13.0 Å². The van der Waals surface area contributed by atoms with Crippen molar-refractivity contribution in [3.63, 3.8) is 0 Å². The Balaban J connectivity index is 3.49. The number of ether oxygens (including phenoxy) is 6. The molecule has 0 saturated heterocycles. The van der Waals surface area contributed by atoms with E-state index in [9.17, 15) is 0 Å². The highest BCUT2D eigenvalue weighted by molar-refractivity contribution is 4.57. The molecule has 7 nitrogen and oxygen atoms in total. The molecule has 4 atom stereocenters. The highest BCUT2D eigenvalue weighted by Gasteiger charge is 2.11. The van der Waals surface area contributed by atoms with Gasteiger partial charge in [-0.3, -0.25) is 0 Å². The number of hydrogen-bond acceptors (Lipinski definition) is 7. The van der Waals surface area contributed by atoms with Gasteiger partial charge in [-0.1, -0.05) is 71.1 Å². The van der Waals surface area contributed by atoms with Crippen LogP contribution in [0, 0.1) is 0 Å². The number of rotatable bonds is 29. The van der Waals surface area contributed by atoms with Crippen molar-refractivity contribution in [2.45, 2.75) is 130 Å². The molecule has 0 spiro atoms. The molecule has 36 heavy (non-hydrogen) atoms. The Morgan fingerprint density at radius 1 is 0.444 bits per heavy atom. The molecular weight excluding hydrogens is 460 g/mol. The summed E-state index contributed by atoms with van der Waals surface area (Å²) < 4.78 is 34.1. The van der Waals surface area contributed by atoms with Crippen LogP contribution in [0.15, 0.2) is 0 Å². The van der Waals surface area contributed by atoms with Crippen LogP contribution in [0.2, 0.25) is 0 Å². The summed E-state index contributed by atoms with van der Waals surface area (Å²) >= 11 is 0. The summed E-state index contributed by atoms with van der Waals surface area (Å²) in [4.78, 5) is 0. The van der Waals surface area contributed by atoms with Crippen molar-refractivity contribution in [3.8, 4) is 0 Å². The lowest BCUT2D eigenvalue weighted by Crippen LogP contribution is -2.28. The zero-order valence-corrected chi connectivity index (χ0v) is 24.3. The van der Waals surface area contributed by atoms with Crippen LogP contribution in [-0.2, 0) is 28.4 Å². The van der Waals surface area contributed by atoms with Gasteiger partial charge in [0.25, 0.3) is 0 Å². The zero-order valence-electron chi connectivity index (χ0n) is 24.3. The van der Waals surface area contributed by atoms with E-state index in [1.165, 1.54) is 64.2 Å². The fourth-order valence-electron chi connectivity index (χ4n) is 3.68. The van der Waals surface area contributed by atoms with Gasteiger partial charge in [0, 0.05) is 6.61 Å². The Morgan fingerprint density at radius 3 is 1.39 bits per heavy atom. The highest BCUT2D eigenvalue weighted by Crippen LogP contribution is 2.11. The van der Waals surface area contributed by atoms with E-state index >= 15 is 0 Å². The first-order chi connectivity index (χ1) is 17.5. The summed E-state index contributed by atoms with van der Waals surface area (Å²) in [5, 5.41) is 8.66. The van der Waals surface area contributed by atoms with Crippen molar-refractivity contribution in [3.05, 3.63) is 0 Å². The highest BCUT2D eigenvalue weighted by atomic mass is 16.6. The molecule has 0 rings (SSSR count). The molecule has 0 fully saturated rings. The second kappa shape index (κ2) is 27.7. The lowest BCUT2D eigenvalue weighted by molar-refractivity contribution is -0.0948. The predicted molar refractivity (Wildman–Crippen MR) is 147 cm³/mol. The van der Waals surface area contributed by atoms with E-state index in [1.807, 2.05) is 20.8 Å². The standard InChI is InChI=1S/C29H60O7/c1-6-7-8-9-10-11-12-13-14-15-16-18-32-22-26(2)34-24-28(4)36-25-29(5)35-23-27(3)33-21-20-31-19-17-30/h26-30H,6-25H2,1-5H3. The maximum Gasteiger partial charge on any atom is 0.0781 e. The van der Waals surface area contributed by atoms with Crippen LogP contribution in [0.5, 0.6) is 0 Å². The summed E-state index contributed by atoms with van der Waals surface area (Å²) in [6.07, 6.45) is 14.9. The number of hydrogen-bond donors (Lipinski definition) is 1. The van der Waals surface area contributed by atoms with E-state index in [0.29, 0.717) is 46.2 Å². The molecule has 0 heterocycles. The second-order valence-electron chi connectivity index (χ2n) is 10.1. The maximum atomic E-state index is 8.66. The van der Waals surface area contributed by atoms with Crippen molar-refractivity contribution in [2.24, 2.45) is 0 Å². The summed E-state index contributed by atoms with van der Waals surface area (Å²) in [5.74, 6) is 0. The first-order valence-corrected chi connectivity index (χ1v) is 14.7. The molecule has 0 aliphatic carbocycles. The van der Waals surface area contributed by atoms with E-state index in [1.54, 1.807) is 0 Å². The fourth-order valence-corrected chi connectivity index (χ4v) is 3.68. The van der Waals surface area contributed by atoms with E-state index in [-0.39, 0.29) is 31.0 Å². The van der Waals surface area contributed by atoms with Gasteiger partial charge in [0.05, 0.1) is 77.3 Å². The molecule has 218 valence electrons. The molecular formula is C29H60O7. The molecule has 0 radical (unpaired) electrons. The minimum Gasteiger partial charge on any atom is -0.394 e. The van der Waals surface area contributed by atoms with Crippen LogP contribution in [0.25, 0.3) is 0 Å². The Bertz CT molecular complexity index is 424. The first-order valence-electron chi connectivity index (χ1n) is 14.7. The molecule has 0 amide bonds. The third kappa shape index (κ3) is 26.8. The molecule has 7 heteroatoms. The molecule has 1 N–H and O–H groups in total. The SMILES string of the molecule is CCCCCCCCCCCCCOCC(C)OCC(C)OCC(C)OCC(C)OCCOCCO. The van der Waals surface area contributed by atoms with Gasteiger partial charge in [-0.25, -0.2) is 0 Å². The number of unbranched alkanes of at least 4 members (excludes halogenated alkanes) is 10. The van der Waals surface area contributed by atoms with Crippen molar-refractivity contribution >= 4 is 0 Å². The minimum atomic E-state index is -0.0179. The summed E-state index contributed by atoms with van der Waals surface area (Å²) in [6.45, 7) is 14.7. The van der Waals surface area contributed by atoms with Gasteiger partial charge in [0.2, 0.25) is 0 Å². The fraction of sp³-hybridized carbons (Fsp3) is 1.00. The maximum absolute atomic E-state index is 8.66. The van der Waals surface area contributed by atoms with Gasteiger partial charge in [0.1, 0.15) is 0 Å². The van der Waals surface area contributed by atoms with Crippen molar-refractivity contribution in [2.75, 3.05) is 59.5 Å².